The molecule has 0 aliphatic carbocycles. The molecule has 0 aliphatic rings. The molecule has 0 unspecified atom stereocenters. The van der Waals surface area contributed by atoms with Crippen LogP contribution >= 0.6 is 11.6 Å². The Morgan fingerprint density at radius 3 is 2.76 bits per heavy atom. The van der Waals surface area contributed by atoms with Crippen LogP contribution in [-0.2, 0) is 0 Å². The molecule has 1 aromatic carbocycles. The average molecular weight is 310 g/mol. The van der Waals surface area contributed by atoms with Crippen molar-refractivity contribution in [2.45, 2.75) is 20.3 Å². The third-order valence-corrected chi connectivity index (χ3v) is 3.20. The molecule has 1 N–H and O–H groups in total. The maximum Gasteiger partial charge on any atom is 0.186 e. The summed E-state index contributed by atoms with van der Waals surface area (Å²) in [5, 5.41) is 3.52. The molecule has 0 spiro atoms. The summed E-state index contributed by atoms with van der Waals surface area (Å²) in [7, 11) is 1.54. The number of hydrogen-bond acceptors (Lipinski definition) is 4. The molecular formula is C15H17ClFN3O. The van der Waals surface area contributed by atoms with Crippen LogP contribution in [0.3, 0.4) is 0 Å². The highest BCUT2D eigenvalue weighted by molar-refractivity contribution is 6.30. The zero-order chi connectivity index (χ0) is 15.4. The molecule has 1 aromatic heterocycles. The number of benzene rings is 1. The first-order valence-corrected chi connectivity index (χ1v) is 7.06. The highest BCUT2D eigenvalue weighted by Gasteiger charge is 2.15. The van der Waals surface area contributed by atoms with E-state index in [2.05, 4.69) is 15.3 Å². The minimum atomic E-state index is -0.430. The first-order chi connectivity index (χ1) is 10.1. The highest BCUT2D eigenvalue weighted by Crippen LogP contribution is 2.31. The molecule has 0 amide bonds. The van der Waals surface area contributed by atoms with E-state index in [1.807, 2.05) is 6.92 Å². The van der Waals surface area contributed by atoms with Crippen LogP contribution in [0.25, 0.3) is 11.4 Å². The van der Waals surface area contributed by atoms with Crippen molar-refractivity contribution >= 4 is 17.4 Å². The van der Waals surface area contributed by atoms with Crippen molar-refractivity contribution in [1.82, 2.24) is 9.97 Å². The zero-order valence-electron chi connectivity index (χ0n) is 12.2. The number of nitrogens with zero attached hydrogens (tertiary/aromatic N) is 2. The van der Waals surface area contributed by atoms with Crippen molar-refractivity contribution in [2.24, 2.45) is 0 Å². The number of aryl methyl sites for hydroxylation is 1. The van der Waals surface area contributed by atoms with E-state index in [-0.39, 0.29) is 11.5 Å². The summed E-state index contributed by atoms with van der Waals surface area (Å²) in [4.78, 5) is 8.46. The Morgan fingerprint density at radius 1 is 1.33 bits per heavy atom. The second-order valence-electron chi connectivity index (χ2n) is 4.57. The van der Waals surface area contributed by atoms with Crippen LogP contribution in [0.4, 0.5) is 10.2 Å². The van der Waals surface area contributed by atoms with Gasteiger partial charge < -0.3 is 10.1 Å². The smallest absolute Gasteiger partial charge is 0.186 e. The summed E-state index contributed by atoms with van der Waals surface area (Å²) in [6.45, 7) is 4.26. The van der Waals surface area contributed by atoms with Gasteiger partial charge in [-0.05, 0) is 31.5 Å². The van der Waals surface area contributed by atoms with Gasteiger partial charge in [-0.1, -0.05) is 18.5 Å². The third-order valence-electron chi connectivity index (χ3n) is 2.96. The number of methoxy groups -OCH3 is 1. The van der Waals surface area contributed by atoms with Gasteiger partial charge >= 0.3 is 0 Å². The van der Waals surface area contributed by atoms with Gasteiger partial charge in [-0.2, -0.15) is 0 Å². The average Bonchev–Trinajstić information content (AvgIpc) is 2.48. The highest BCUT2D eigenvalue weighted by atomic mass is 35.5. The molecule has 0 atom stereocenters. The Bertz CT molecular complexity index is 649. The van der Waals surface area contributed by atoms with Crippen molar-refractivity contribution in [3.8, 4) is 17.1 Å². The van der Waals surface area contributed by atoms with Crippen molar-refractivity contribution in [2.75, 3.05) is 19.0 Å². The molecular weight excluding hydrogens is 293 g/mol. The van der Waals surface area contributed by atoms with Gasteiger partial charge in [-0.3, -0.25) is 0 Å². The summed E-state index contributed by atoms with van der Waals surface area (Å²) >= 11 is 5.95. The summed E-state index contributed by atoms with van der Waals surface area (Å²) in [5.41, 5.74) is 0.958. The Hall–Kier alpha value is -1.88. The standard InChI is InChI=1S/C15H17ClFN3O/c1-4-7-18-15-13(17)9(2)19-14(20-15)11-6-5-10(16)8-12(11)21-3/h5-6,8H,4,7H2,1-3H3,(H,18,19,20). The van der Waals surface area contributed by atoms with Crippen LogP contribution in [0, 0.1) is 12.7 Å². The van der Waals surface area contributed by atoms with Crippen LogP contribution in [0.1, 0.15) is 19.0 Å². The maximum atomic E-state index is 14.0. The van der Waals surface area contributed by atoms with E-state index in [4.69, 9.17) is 16.3 Å². The van der Waals surface area contributed by atoms with Crippen molar-refractivity contribution in [1.29, 1.82) is 0 Å². The first kappa shape index (κ1) is 15.5. The minimum Gasteiger partial charge on any atom is -0.496 e. The van der Waals surface area contributed by atoms with E-state index in [1.54, 1.807) is 32.2 Å². The van der Waals surface area contributed by atoms with Gasteiger partial charge in [0, 0.05) is 11.6 Å². The lowest BCUT2D eigenvalue weighted by Gasteiger charge is -2.12. The maximum absolute atomic E-state index is 14.0. The molecule has 2 aromatic rings. The normalized spacial score (nSPS) is 10.5. The van der Waals surface area contributed by atoms with Crippen LogP contribution in [0.2, 0.25) is 5.02 Å². The van der Waals surface area contributed by atoms with E-state index in [9.17, 15) is 4.39 Å². The number of halogens is 2. The number of rotatable bonds is 5. The van der Waals surface area contributed by atoms with Crippen LogP contribution in [-0.4, -0.2) is 23.6 Å². The van der Waals surface area contributed by atoms with Crippen molar-refractivity contribution in [3.05, 3.63) is 34.7 Å². The lowest BCUT2D eigenvalue weighted by Crippen LogP contribution is -2.08. The van der Waals surface area contributed by atoms with E-state index < -0.39 is 5.82 Å². The molecule has 2 rings (SSSR count). The van der Waals surface area contributed by atoms with Gasteiger partial charge in [0.2, 0.25) is 0 Å². The number of ether oxygens (including phenoxy) is 1. The fourth-order valence-corrected chi connectivity index (χ4v) is 2.05. The second kappa shape index (κ2) is 6.72. The van der Waals surface area contributed by atoms with E-state index in [1.165, 1.54) is 0 Å². The van der Waals surface area contributed by atoms with Crippen molar-refractivity contribution < 1.29 is 9.13 Å². The van der Waals surface area contributed by atoms with Crippen LogP contribution < -0.4 is 10.1 Å². The summed E-state index contributed by atoms with van der Waals surface area (Å²) in [6.07, 6.45) is 0.877. The van der Waals surface area contributed by atoms with Gasteiger partial charge in [0.1, 0.15) is 5.75 Å². The predicted octanol–water partition coefficient (Wildman–Crippen LogP) is 4.08. The third kappa shape index (κ3) is 3.42. The fraction of sp³-hybridized carbons (Fsp3) is 0.333. The number of anilines is 1. The quantitative estimate of drug-likeness (QED) is 0.904. The lowest BCUT2D eigenvalue weighted by atomic mass is 10.2. The van der Waals surface area contributed by atoms with Gasteiger partial charge in [-0.25, -0.2) is 14.4 Å². The first-order valence-electron chi connectivity index (χ1n) is 6.68. The Morgan fingerprint density at radius 2 is 2.10 bits per heavy atom. The SMILES string of the molecule is CCCNc1nc(-c2ccc(Cl)cc2OC)nc(C)c1F. The van der Waals surface area contributed by atoms with Crippen molar-refractivity contribution in [3.63, 3.8) is 0 Å². The number of aromatic nitrogens is 2. The molecule has 0 saturated carbocycles. The second-order valence-corrected chi connectivity index (χ2v) is 5.00. The predicted molar refractivity (Wildman–Crippen MR) is 82.5 cm³/mol. The van der Waals surface area contributed by atoms with Crippen LogP contribution in [0.5, 0.6) is 5.75 Å². The molecule has 21 heavy (non-hydrogen) atoms. The molecule has 0 radical (unpaired) electrons. The minimum absolute atomic E-state index is 0.205. The van der Waals surface area contributed by atoms with E-state index in [0.717, 1.165) is 6.42 Å². The fourth-order valence-electron chi connectivity index (χ4n) is 1.89. The number of nitrogens with one attached hydrogen (secondary N) is 1. The van der Waals surface area contributed by atoms with E-state index in [0.29, 0.717) is 28.7 Å². The van der Waals surface area contributed by atoms with Gasteiger partial charge in [0.05, 0.1) is 18.4 Å². The topological polar surface area (TPSA) is 47.0 Å². The van der Waals surface area contributed by atoms with Gasteiger partial charge in [0.15, 0.2) is 17.5 Å². The number of hydrogen-bond donors (Lipinski definition) is 1. The molecule has 1 heterocycles. The Kier molecular flexibility index (Phi) is 4.96. The van der Waals surface area contributed by atoms with E-state index >= 15 is 0 Å². The summed E-state index contributed by atoms with van der Waals surface area (Å²) in [6, 6.07) is 5.16. The zero-order valence-corrected chi connectivity index (χ0v) is 13.0. The molecule has 0 saturated heterocycles. The molecule has 0 aliphatic heterocycles. The molecule has 0 fully saturated rings. The Labute approximate surface area is 128 Å². The summed E-state index contributed by atoms with van der Waals surface area (Å²) in [5.74, 6) is 0.729. The Balaban J connectivity index is 2.51. The lowest BCUT2D eigenvalue weighted by molar-refractivity contribution is 0.416. The summed E-state index contributed by atoms with van der Waals surface area (Å²) < 4.78 is 19.3. The largest absolute Gasteiger partial charge is 0.496 e. The molecule has 6 heteroatoms. The van der Waals surface area contributed by atoms with Gasteiger partial charge in [-0.15, -0.1) is 0 Å². The molecule has 112 valence electrons. The van der Waals surface area contributed by atoms with Gasteiger partial charge in [0.25, 0.3) is 0 Å². The molecule has 4 nitrogen and oxygen atoms in total. The van der Waals surface area contributed by atoms with Crippen LogP contribution in [0.15, 0.2) is 18.2 Å². The monoisotopic (exact) mass is 309 g/mol. The molecule has 0 bridgehead atoms.